The average Bonchev–Trinajstić information content (AvgIpc) is 2.99. The predicted molar refractivity (Wildman–Crippen MR) is 123 cm³/mol. The van der Waals surface area contributed by atoms with Gasteiger partial charge in [-0.25, -0.2) is 13.2 Å². The topological polar surface area (TPSA) is 106 Å². The first-order valence-electron chi connectivity index (χ1n) is 10.3. The molecule has 1 saturated heterocycles. The quantitative estimate of drug-likeness (QED) is 0.431. The molecule has 32 heavy (non-hydrogen) atoms. The Bertz CT molecular complexity index is 1100. The molecule has 1 N–H and O–H groups in total. The first kappa shape index (κ1) is 24.2. The monoisotopic (exact) mass is 524 g/mol. The zero-order chi connectivity index (χ0) is 23.1. The zero-order valence-electron chi connectivity index (χ0n) is 17.7. The van der Waals surface area contributed by atoms with Crippen molar-refractivity contribution < 1.29 is 27.2 Å². The molecule has 1 amide bonds. The molecule has 0 unspecified atom stereocenters. The fourth-order valence-corrected chi connectivity index (χ4v) is 5.41. The van der Waals surface area contributed by atoms with Crippen molar-refractivity contribution in [3.05, 3.63) is 52.4 Å². The van der Waals surface area contributed by atoms with E-state index in [1.54, 1.807) is 31.2 Å². The summed E-state index contributed by atoms with van der Waals surface area (Å²) in [6, 6.07) is 8.06. The van der Waals surface area contributed by atoms with Crippen molar-refractivity contribution in [2.24, 2.45) is 0 Å². The van der Waals surface area contributed by atoms with Gasteiger partial charge in [0.05, 0.1) is 4.90 Å². The van der Waals surface area contributed by atoms with Crippen LogP contribution in [0, 0.1) is 6.92 Å². The van der Waals surface area contributed by atoms with Crippen LogP contribution >= 0.6 is 15.9 Å². The summed E-state index contributed by atoms with van der Waals surface area (Å²) < 4.78 is 38.4. The van der Waals surface area contributed by atoms with Crippen molar-refractivity contribution in [2.75, 3.05) is 25.0 Å². The molecule has 1 aromatic carbocycles. The summed E-state index contributed by atoms with van der Waals surface area (Å²) in [5.41, 5.74) is 0.925. The van der Waals surface area contributed by atoms with Crippen molar-refractivity contribution in [1.82, 2.24) is 4.31 Å². The van der Waals surface area contributed by atoms with Crippen LogP contribution < -0.4 is 5.32 Å². The highest BCUT2D eigenvalue weighted by atomic mass is 79.9. The smallest absolute Gasteiger partial charge is 0.331 e. The first-order chi connectivity index (χ1) is 15.3. The SMILES string of the molecule is Cc1ccc(NC(=O)COC(=O)/C=C/c2ccc(Br)o2)cc1S(=O)(=O)N1CCCCCC1. The van der Waals surface area contributed by atoms with Crippen LogP contribution in [0.4, 0.5) is 5.69 Å². The molecule has 0 spiro atoms. The van der Waals surface area contributed by atoms with Gasteiger partial charge in [0.15, 0.2) is 11.3 Å². The van der Waals surface area contributed by atoms with Crippen molar-refractivity contribution in [3.63, 3.8) is 0 Å². The molecule has 0 aliphatic carbocycles. The van der Waals surface area contributed by atoms with Crippen molar-refractivity contribution in [2.45, 2.75) is 37.5 Å². The van der Waals surface area contributed by atoms with Crippen LogP contribution in [-0.4, -0.2) is 44.3 Å². The van der Waals surface area contributed by atoms with Crippen LogP contribution in [0.3, 0.4) is 0 Å². The molecule has 0 bridgehead atoms. The van der Waals surface area contributed by atoms with E-state index < -0.39 is 28.5 Å². The van der Waals surface area contributed by atoms with Gasteiger partial charge in [0, 0.05) is 24.9 Å². The maximum atomic E-state index is 13.1. The lowest BCUT2D eigenvalue weighted by molar-refractivity contribution is -0.142. The van der Waals surface area contributed by atoms with Crippen molar-refractivity contribution in [3.8, 4) is 0 Å². The largest absolute Gasteiger partial charge is 0.452 e. The van der Waals surface area contributed by atoms with Crippen LogP contribution in [0.15, 0.2) is 50.4 Å². The van der Waals surface area contributed by atoms with E-state index in [1.807, 2.05) is 0 Å². The molecule has 172 valence electrons. The van der Waals surface area contributed by atoms with Gasteiger partial charge in [-0.2, -0.15) is 4.31 Å². The fourth-order valence-electron chi connectivity index (χ4n) is 3.33. The van der Waals surface area contributed by atoms with Gasteiger partial charge in [-0.05, 0) is 71.6 Å². The normalized spacial score (nSPS) is 15.4. The van der Waals surface area contributed by atoms with Crippen LogP contribution in [0.5, 0.6) is 0 Å². The maximum absolute atomic E-state index is 13.1. The van der Waals surface area contributed by atoms with Crippen LogP contribution in [-0.2, 0) is 24.3 Å². The lowest BCUT2D eigenvalue weighted by Gasteiger charge is -2.21. The molecule has 1 fully saturated rings. The minimum absolute atomic E-state index is 0.168. The Morgan fingerprint density at radius 3 is 2.53 bits per heavy atom. The number of halogens is 1. The first-order valence-corrected chi connectivity index (χ1v) is 12.5. The van der Waals surface area contributed by atoms with Gasteiger partial charge >= 0.3 is 5.97 Å². The number of carbonyl (C=O) groups is 2. The molecule has 0 radical (unpaired) electrons. The number of nitrogens with one attached hydrogen (secondary N) is 1. The number of hydrogen-bond donors (Lipinski definition) is 1. The van der Waals surface area contributed by atoms with E-state index in [1.165, 1.54) is 16.4 Å². The van der Waals surface area contributed by atoms with E-state index >= 15 is 0 Å². The van der Waals surface area contributed by atoms with Gasteiger partial charge in [0.2, 0.25) is 10.0 Å². The predicted octanol–water partition coefficient (Wildman–Crippen LogP) is 4.11. The number of ether oxygens (including phenoxy) is 1. The van der Waals surface area contributed by atoms with Gasteiger partial charge in [-0.1, -0.05) is 18.9 Å². The Morgan fingerprint density at radius 2 is 1.88 bits per heavy atom. The van der Waals surface area contributed by atoms with Gasteiger partial charge < -0.3 is 14.5 Å². The second kappa shape index (κ2) is 10.9. The van der Waals surface area contributed by atoms with E-state index in [0.29, 0.717) is 34.8 Å². The van der Waals surface area contributed by atoms with E-state index in [9.17, 15) is 18.0 Å². The summed E-state index contributed by atoms with van der Waals surface area (Å²) >= 11 is 3.16. The number of rotatable bonds is 7. The summed E-state index contributed by atoms with van der Waals surface area (Å²) in [4.78, 5) is 24.1. The second-order valence-corrected chi connectivity index (χ2v) is 10.1. The van der Waals surface area contributed by atoms with E-state index in [-0.39, 0.29) is 4.90 Å². The van der Waals surface area contributed by atoms with Gasteiger partial charge in [-0.15, -0.1) is 0 Å². The van der Waals surface area contributed by atoms with Crippen LogP contribution in [0.25, 0.3) is 6.08 Å². The van der Waals surface area contributed by atoms with Crippen LogP contribution in [0.1, 0.15) is 37.0 Å². The zero-order valence-corrected chi connectivity index (χ0v) is 20.1. The molecule has 2 aromatic rings. The number of esters is 1. The molecule has 8 nitrogen and oxygen atoms in total. The second-order valence-electron chi connectivity index (χ2n) is 7.43. The average molecular weight is 525 g/mol. The van der Waals surface area contributed by atoms with Crippen molar-refractivity contribution >= 4 is 49.6 Å². The maximum Gasteiger partial charge on any atom is 0.331 e. The Morgan fingerprint density at radius 1 is 1.16 bits per heavy atom. The Balaban J connectivity index is 1.60. The number of benzene rings is 1. The number of anilines is 1. The summed E-state index contributed by atoms with van der Waals surface area (Å²) in [7, 11) is -3.66. The molecule has 10 heteroatoms. The number of nitrogens with zero attached hydrogens (tertiary/aromatic N) is 1. The highest BCUT2D eigenvalue weighted by molar-refractivity contribution is 9.10. The molecule has 1 aliphatic heterocycles. The summed E-state index contributed by atoms with van der Waals surface area (Å²) in [5.74, 6) is -0.827. The highest BCUT2D eigenvalue weighted by Crippen LogP contribution is 2.26. The summed E-state index contributed by atoms with van der Waals surface area (Å²) in [6.07, 6.45) is 6.29. The number of amides is 1. The third-order valence-corrected chi connectivity index (χ3v) is 7.44. The lowest BCUT2D eigenvalue weighted by Crippen LogP contribution is -2.32. The van der Waals surface area contributed by atoms with Gasteiger partial charge in [0.25, 0.3) is 5.91 Å². The Kier molecular flexibility index (Phi) is 8.27. The number of aryl methyl sites for hydroxylation is 1. The van der Waals surface area contributed by atoms with E-state index in [2.05, 4.69) is 21.2 Å². The number of carbonyl (C=O) groups excluding carboxylic acids is 2. The Labute approximate surface area is 195 Å². The van der Waals surface area contributed by atoms with Crippen molar-refractivity contribution in [1.29, 1.82) is 0 Å². The van der Waals surface area contributed by atoms with Gasteiger partial charge in [0.1, 0.15) is 5.76 Å². The molecule has 1 aliphatic rings. The number of furan rings is 1. The molecule has 0 saturated carbocycles. The van der Waals surface area contributed by atoms with Crippen LogP contribution in [0.2, 0.25) is 0 Å². The Hall–Kier alpha value is -2.43. The number of sulfonamides is 1. The fraction of sp³-hybridized carbons (Fsp3) is 0.364. The van der Waals surface area contributed by atoms with E-state index in [0.717, 1.165) is 31.8 Å². The molecule has 1 aromatic heterocycles. The minimum Gasteiger partial charge on any atom is -0.452 e. The molecular weight excluding hydrogens is 500 g/mol. The standard InChI is InChI=1S/C22H25BrN2O6S/c1-16-6-7-17(14-19(16)32(28,29)25-12-4-2-3-5-13-25)24-21(26)15-30-22(27)11-9-18-8-10-20(23)31-18/h6-11,14H,2-5,12-13,15H2,1H3,(H,24,26)/b11-9+. The summed E-state index contributed by atoms with van der Waals surface area (Å²) in [6.45, 7) is 2.21. The molecule has 2 heterocycles. The molecular formula is C22H25BrN2O6S. The molecule has 0 atom stereocenters. The lowest BCUT2D eigenvalue weighted by atomic mass is 10.2. The molecule has 3 rings (SSSR count). The highest BCUT2D eigenvalue weighted by Gasteiger charge is 2.27. The summed E-state index contributed by atoms with van der Waals surface area (Å²) in [5, 5.41) is 2.58. The third kappa shape index (κ3) is 6.54. The number of hydrogen-bond acceptors (Lipinski definition) is 6. The van der Waals surface area contributed by atoms with Gasteiger partial charge in [-0.3, -0.25) is 4.79 Å². The van der Waals surface area contributed by atoms with E-state index in [4.69, 9.17) is 9.15 Å². The minimum atomic E-state index is -3.66. The third-order valence-electron chi connectivity index (χ3n) is 4.98.